The lowest BCUT2D eigenvalue weighted by Crippen LogP contribution is -2.02. The van der Waals surface area contributed by atoms with Crippen molar-refractivity contribution in [2.75, 3.05) is 7.11 Å². The van der Waals surface area contributed by atoms with E-state index in [9.17, 15) is 4.79 Å². The van der Waals surface area contributed by atoms with Gasteiger partial charge in [-0.3, -0.25) is 4.79 Å². The van der Waals surface area contributed by atoms with Gasteiger partial charge in [-0.2, -0.15) is 0 Å². The zero-order valence-electron chi connectivity index (χ0n) is 11.7. The van der Waals surface area contributed by atoms with Gasteiger partial charge in [0.25, 0.3) is 0 Å². The number of hydrogen-bond acceptors (Lipinski definition) is 2. The lowest BCUT2D eigenvalue weighted by atomic mass is 10.0. The molecule has 3 rings (SSSR count). The van der Waals surface area contributed by atoms with Gasteiger partial charge in [0, 0.05) is 17.3 Å². The van der Waals surface area contributed by atoms with Crippen LogP contribution in [0.25, 0.3) is 10.9 Å². The Morgan fingerprint density at radius 2 is 1.90 bits per heavy atom. The fourth-order valence-corrected chi connectivity index (χ4v) is 2.68. The van der Waals surface area contributed by atoms with Gasteiger partial charge in [0.1, 0.15) is 5.75 Å². The van der Waals surface area contributed by atoms with Gasteiger partial charge in [-0.1, -0.05) is 29.8 Å². The SMILES string of the molecule is COc1cccc2[nH]cc(C(=O)c3cccc(C)c3Cl)c12. The van der Waals surface area contributed by atoms with Crippen molar-refractivity contribution >= 4 is 28.3 Å². The van der Waals surface area contributed by atoms with E-state index < -0.39 is 0 Å². The molecule has 0 saturated carbocycles. The van der Waals surface area contributed by atoms with E-state index in [1.54, 1.807) is 19.4 Å². The zero-order chi connectivity index (χ0) is 15.0. The summed E-state index contributed by atoms with van der Waals surface area (Å²) in [6, 6.07) is 11.1. The first-order valence-corrected chi connectivity index (χ1v) is 6.95. The normalized spacial score (nSPS) is 10.8. The van der Waals surface area contributed by atoms with Crippen molar-refractivity contribution in [1.82, 2.24) is 4.98 Å². The Bertz CT molecular complexity index is 836. The average Bonchev–Trinajstić information content (AvgIpc) is 2.93. The lowest BCUT2D eigenvalue weighted by molar-refractivity contribution is 0.104. The first-order chi connectivity index (χ1) is 10.1. The summed E-state index contributed by atoms with van der Waals surface area (Å²) in [7, 11) is 1.59. The van der Waals surface area contributed by atoms with Crippen LogP contribution < -0.4 is 4.74 Å². The summed E-state index contributed by atoms with van der Waals surface area (Å²) >= 11 is 6.27. The molecule has 0 atom stereocenters. The van der Waals surface area contributed by atoms with Crippen molar-refractivity contribution in [2.24, 2.45) is 0 Å². The summed E-state index contributed by atoms with van der Waals surface area (Å²) in [6.45, 7) is 1.88. The number of carbonyl (C=O) groups excluding carboxylic acids is 1. The largest absolute Gasteiger partial charge is 0.496 e. The fourth-order valence-electron chi connectivity index (χ4n) is 2.47. The highest BCUT2D eigenvalue weighted by atomic mass is 35.5. The molecule has 0 aliphatic carbocycles. The number of aromatic amines is 1. The third-order valence-electron chi connectivity index (χ3n) is 3.57. The van der Waals surface area contributed by atoms with Crippen molar-refractivity contribution in [3.63, 3.8) is 0 Å². The number of benzene rings is 2. The molecule has 0 fully saturated rings. The minimum Gasteiger partial charge on any atom is -0.496 e. The molecule has 1 N–H and O–H groups in total. The van der Waals surface area contributed by atoms with E-state index in [1.165, 1.54) is 0 Å². The minimum absolute atomic E-state index is 0.112. The number of aryl methyl sites for hydroxylation is 1. The quantitative estimate of drug-likeness (QED) is 0.730. The van der Waals surface area contributed by atoms with Crippen molar-refractivity contribution in [1.29, 1.82) is 0 Å². The highest BCUT2D eigenvalue weighted by Gasteiger charge is 2.19. The second-order valence-corrected chi connectivity index (χ2v) is 5.23. The number of ether oxygens (including phenoxy) is 1. The molecule has 3 nitrogen and oxygen atoms in total. The van der Waals surface area contributed by atoms with Crippen LogP contribution in [0, 0.1) is 6.92 Å². The number of methoxy groups -OCH3 is 1. The topological polar surface area (TPSA) is 42.1 Å². The Labute approximate surface area is 127 Å². The van der Waals surface area contributed by atoms with E-state index in [0.29, 0.717) is 21.9 Å². The molecule has 0 unspecified atom stereocenters. The maximum atomic E-state index is 12.8. The van der Waals surface area contributed by atoms with Crippen LogP contribution in [-0.2, 0) is 0 Å². The zero-order valence-corrected chi connectivity index (χ0v) is 12.5. The molecule has 4 heteroatoms. The Hall–Kier alpha value is -2.26. The summed E-state index contributed by atoms with van der Waals surface area (Å²) in [5.41, 5.74) is 2.81. The van der Waals surface area contributed by atoms with Gasteiger partial charge in [0.2, 0.25) is 0 Å². The van der Waals surface area contributed by atoms with Crippen LogP contribution in [0.4, 0.5) is 0 Å². The van der Waals surface area contributed by atoms with Gasteiger partial charge in [-0.15, -0.1) is 0 Å². The Morgan fingerprint density at radius 1 is 1.14 bits per heavy atom. The van der Waals surface area contributed by atoms with Gasteiger partial charge < -0.3 is 9.72 Å². The molecule has 0 aliphatic rings. The fraction of sp³-hybridized carbons (Fsp3) is 0.118. The average molecular weight is 300 g/mol. The highest BCUT2D eigenvalue weighted by Crippen LogP contribution is 2.31. The number of rotatable bonds is 3. The molecule has 0 saturated heterocycles. The van der Waals surface area contributed by atoms with Crippen LogP contribution in [0.1, 0.15) is 21.5 Å². The summed E-state index contributed by atoms with van der Waals surface area (Å²) < 4.78 is 5.36. The molecule has 21 heavy (non-hydrogen) atoms. The standard InChI is InChI=1S/C17H14ClNO2/c1-10-5-3-6-11(16(10)18)17(20)12-9-19-13-7-4-8-14(21-2)15(12)13/h3-9,19H,1-2H3. The maximum absolute atomic E-state index is 12.8. The number of carbonyl (C=O) groups is 1. The molecule has 0 radical (unpaired) electrons. The summed E-state index contributed by atoms with van der Waals surface area (Å²) in [5.74, 6) is 0.556. The molecule has 2 aromatic carbocycles. The molecule has 3 aromatic rings. The number of H-pyrrole nitrogens is 1. The number of fused-ring (bicyclic) bond motifs is 1. The van der Waals surface area contributed by atoms with Gasteiger partial charge in [0.15, 0.2) is 5.78 Å². The number of nitrogens with one attached hydrogen (secondary N) is 1. The monoisotopic (exact) mass is 299 g/mol. The first-order valence-electron chi connectivity index (χ1n) is 6.57. The number of hydrogen-bond donors (Lipinski definition) is 1. The van der Waals surface area contributed by atoms with E-state index in [1.807, 2.05) is 37.3 Å². The van der Waals surface area contributed by atoms with Crippen molar-refractivity contribution < 1.29 is 9.53 Å². The predicted octanol–water partition coefficient (Wildman–Crippen LogP) is 4.37. The van der Waals surface area contributed by atoms with Gasteiger partial charge in [-0.25, -0.2) is 0 Å². The third kappa shape index (κ3) is 2.20. The molecule has 1 heterocycles. The molecular formula is C17H14ClNO2. The second-order valence-electron chi connectivity index (χ2n) is 4.85. The highest BCUT2D eigenvalue weighted by molar-refractivity contribution is 6.36. The van der Waals surface area contributed by atoms with Crippen LogP contribution in [0.5, 0.6) is 5.75 Å². The van der Waals surface area contributed by atoms with E-state index in [4.69, 9.17) is 16.3 Å². The predicted molar refractivity (Wildman–Crippen MR) is 84.5 cm³/mol. The smallest absolute Gasteiger partial charge is 0.196 e. The van der Waals surface area contributed by atoms with Crippen molar-refractivity contribution in [3.8, 4) is 5.75 Å². The molecular weight excluding hydrogens is 286 g/mol. The molecule has 0 amide bonds. The second kappa shape index (κ2) is 5.26. The number of halogens is 1. The van der Waals surface area contributed by atoms with E-state index in [2.05, 4.69) is 4.98 Å². The Kier molecular flexibility index (Phi) is 3.43. The first kappa shape index (κ1) is 13.7. The summed E-state index contributed by atoms with van der Waals surface area (Å²) in [4.78, 5) is 15.9. The maximum Gasteiger partial charge on any atom is 0.196 e. The number of aromatic nitrogens is 1. The van der Waals surface area contributed by atoms with E-state index in [0.717, 1.165) is 16.5 Å². The van der Waals surface area contributed by atoms with Crippen LogP contribution >= 0.6 is 11.6 Å². The molecule has 1 aromatic heterocycles. The lowest BCUT2D eigenvalue weighted by Gasteiger charge is -2.07. The Balaban J connectivity index is 2.21. The van der Waals surface area contributed by atoms with Crippen molar-refractivity contribution in [3.05, 3.63) is 64.3 Å². The van der Waals surface area contributed by atoms with Crippen LogP contribution in [0.2, 0.25) is 5.02 Å². The minimum atomic E-state index is -0.112. The van der Waals surface area contributed by atoms with Crippen LogP contribution in [-0.4, -0.2) is 17.9 Å². The Morgan fingerprint density at radius 3 is 2.67 bits per heavy atom. The molecule has 0 aliphatic heterocycles. The molecule has 0 spiro atoms. The molecule has 106 valence electrons. The van der Waals surface area contributed by atoms with Gasteiger partial charge >= 0.3 is 0 Å². The summed E-state index contributed by atoms with van der Waals surface area (Å²) in [5, 5.41) is 1.27. The van der Waals surface area contributed by atoms with Gasteiger partial charge in [-0.05, 0) is 30.7 Å². The number of ketones is 1. The van der Waals surface area contributed by atoms with E-state index in [-0.39, 0.29) is 5.78 Å². The molecule has 0 bridgehead atoms. The van der Waals surface area contributed by atoms with E-state index >= 15 is 0 Å². The van der Waals surface area contributed by atoms with Crippen molar-refractivity contribution in [2.45, 2.75) is 6.92 Å². The summed E-state index contributed by atoms with van der Waals surface area (Å²) in [6.07, 6.45) is 1.70. The van der Waals surface area contributed by atoms with Crippen LogP contribution in [0.15, 0.2) is 42.6 Å². The third-order valence-corrected chi connectivity index (χ3v) is 4.07. The van der Waals surface area contributed by atoms with Crippen LogP contribution in [0.3, 0.4) is 0 Å². The van der Waals surface area contributed by atoms with Gasteiger partial charge in [0.05, 0.1) is 23.1 Å².